The van der Waals surface area contributed by atoms with Crippen LogP contribution in [-0.4, -0.2) is 0 Å². The van der Waals surface area contributed by atoms with E-state index in [-0.39, 0.29) is 0 Å². The van der Waals surface area contributed by atoms with Gasteiger partial charge in [-0.3, -0.25) is 5.84 Å². The molecule has 0 aliphatic heterocycles. The largest absolute Gasteiger partial charge is 0.271 e. The molecule has 0 fully saturated rings. The van der Waals surface area contributed by atoms with E-state index in [1.54, 1.807) is 18.2 Å². The number of benzene rings is 2. The SMILES string of the molecule is NNC(c1ccc(F)c(F)c1)c1ccc(Br)c(Cl)c1. The lowest BCUT2D eigenvalue weighted by Crippen LogP contribution is -2.29. The minimum atomic E-state index is -0.916. The maximum atomic E-state index is 13.3. The van der Waals surface area contributed by atoms with Crippen molar-refractivity contribution in [2.45, 2.75) is 6.04 Å². The van der Waals surface area contributed by atoms with E-state index in [4.69, 9.17) is 17.4 Å². The summed E-state index contributed by atoms with van der Waals surface area (Å²) in [5, 5.41) is 0.514. The van der Waals surface area contributed by atoms with Gasteiger partial charge in [-0.25, -0.2) is 14.2 Å². The predicted molar refractivity (Wildman–Crippen MR) is 74.7 cm³/mol. The molecule has 0 aliphatic rings. The van der Waals surface area contributed by atoms with Crippen LogP contribution < -0.4 is 11.3 Å². The van der Waals surface area contributed by atoms with E-state index in [2.05, 4.69) is 21.4 Å². The number of nitrogens with one attached hydrogen (secondary N) is 1. The Morgan fingerprint density at radius 1 is 1.05 bits per heavy atom. The first kappa shape index (κ1) is 14.4. The second-order valence-corrected chi connectivity index (χ2v) is 5.21. The lowest BCUT2D eigenvalue weighted by Gasteiger charge is -2.17. The van der Waals surface area contributed by atoms with Gasteiger partial charge in [0.15, 0.2) is 11.6 Å². The molecule has 3 N–H and O–H groups in total. The molecule has 2 aromatic carbocycles. The third-order valence-electron chi connectivity index (χ3n) is 2.72. The summed E-state index contributed by atoms with van der Waals surface area (Å²) in [6.45, 7) is 0. The first-order chi connectivity index (χ1) is 9.02. The Balaban J connectivity index is 2.43. The molecule has 1 atom stereocenters. The first-order valence-electron chi connectivity index (χ1n) is 5.39. The monoisotopic (exact) mass is 346 g/mol. The zero-order chi connectivity index (χ0) is 14.0. The summed E-state index contributed by atoms with van der Waals surface area (Å²) in [6, 6.07) is 8.44. The van der Waals surface area contributed by atoms with Crippen molar-refractivity contribution in [1.82, 2.24) is 5.43 Å². The zero-order valence-electron chi connectivity index (χ0n) is 9.63. The lowest BCUT2D eigenvalue weighted by atomic mass is 9.99. The average molecular weight is 348 g/mol. The van der Waals surface area contributed by atoms with Gasteiger partial charge in [0.25, 0.3) is 0 Å². The Morgan fingerprint density at radius 3 is 2.26 bits per heavy atom. The Kier molecular flexibility index (Phi) is 4.52. The minimum Gasteiger partial charge on any atom is -0.271 e. The highest BCUT2D eigenvalue weighted by atomic mass is 79.9. The molecule has 0 heterocycles. The van der Waals surface area contributed by atoms with Crippen molar-refractivity contribution in [2.75, 3.05) is 0 Å². The number of hydrazine groups is 1. The molecule has 0 bridgehead atoms. The second kappa shape index (κ2) is 5.96. The van der Waals surface area contributed by atoms with E-state index in [1.165, 1.54) is 6.07 Å². The van der Waals surface area contributed by atoms with Gasteiger partial charge >= 0.3 is 0 Å². The molecule has 0 saturated heterocycles. The molecule has 0 amide bonds. The van der Waals surface area contributed by atoms with Crippen LogP contribution in [0.2, 0.25) is 5.02 Å². The van der Waals surface area contributed by atoms with Crippen molar-refractivity contribution in [3.8, 4) is 0 Å². The summed E-state index contributed by atoms with van der Waals surface area (Å²) in [5.74, 6) is 3.68. The molecule has 2 nitrogen and oxygen atoms in total. The molecule has 0 spiro atoms. The van der Waals surface area contributed by atoms with Crippen molar-refractivity contribution in [3.05, 3.63) is 68.7 Å². The molecule has 6 heteroatoms. The number of nitrogens with two attached hydrogens (primary N) is 1. The van der Waals surface area contributed by atoms with Crippen LogP contribution in [0.1, 0.15) is 17.2 Å². The van der Waals surface area contributed by atoms with Crippen LogP contribution >= 0.6 is 27.5 Å². The number of rotatable bonds is 3. The van der Waals surface area contributed by atoms with E-state index in [9.17, 15) is 8.78 Å². The van der Waals surface area contributed by atoms with Crippen molar-refractivity contribution < 1.29 is 8.78 Å². The summed E-state index contributed by atoms with van der Waals surface area (Å²) in [5.41, 5.74) is 3.83. The number of hydrogen-bond donors (Lipinski definition) is 2. The number of hydrogen-bond acceptors (Lipinski definition) is 2. The fourth-order valence-electron chi connectivity index (χ4n) is 1.77. The predicted octanol–water partition coefficient (Wildman–Crippen LogP) is 3.93. The molecule has 0 aromatic heterocycles. The van der Waals surface area contributed by atoms with Crippen LogP contribution in [0.25, 0.3) is 0 Å². The first-order valence-corrected chi connectivity index (χ1v) is 6.56. The molecular weight excluding hydrogens is 338 g/mol. The van der Waals surface area contributed by atoms with E-state index >= 15 is 0 Å². The van der Waals surface area contributed by atoms with Crippen molar-refractivity contribution in [3.63, 3.8) is 0 Å². The van der Waals surface area contributed by atoms with E-state index in [0.29, 0.717) is 10.6 Å². The van der Waals surface area contributed by atoms with Crippen LogP contribution in [0.3, 0.4) is 0 Å². The Labute approximate surface area is 122 Å². The molecular formula is C13H10BrClF2N2. The van der Waals surface area contributed by atoms with E-state index in [0.717, 1.165) is 22.2 Å². The van der Waals surface area contributed by atoms with Gasteiger partial charge in [-0.2, -0.15) is 0 Å². The van der Waals surface area contributed by atoms with Crippen LogP contribution in [0.15, 0.2) is 40.9 Å². The fraction of sp³-hybridized carbons (Fsp3) is 0.0769. The van der Waals surface area contributed by atoms with Crippen molar-refractivity contribution >= 4 is 27.5 Å². The molecule has 19 heavy (non-hydrogen) atoms. The molecule has 0 saturated carbocycles. The summed E-state index contributed by atoms with van der Waals surface area (Å²) >= 11 is 9.29. The van der Waals surface area contributed by atoms with Gasteiger partial charge in [0.1, 0.15) is 0 Å². The summed E-state index contributed by atoms with van der Waals surface area (Å²) in [4.78, 5) is 0. The van der Waals surface area contributed by atoms with Gasteiger partial charge in [-0.1, -0.05) is 23.7 Å². The summed E-state index contributed by atoms with van der Waals surface area (Å²) < 4.78 is 26.9. The highest BCUT2D eigenvalue weighted by Gasteiger charge is 2.15. The van der Waals surface area contributed by atoms with Crippen molar-refractivity contribution in [1.29, 1.82) is 0 Å². The average Bonchev–Trinajstić information content (AvgIpc) is 2.39. The normalized spacial score (nSPS) is 12.5. The zero-order valence-corrected chi connectivity index (χ0v) is 12.0. The molecule has 1 unspecified atom stereocenters. The van der Waals surface area contributed by atoms with Crippen molar-refractivity contribution in [2.24, 2.45) is 5.84 Å². The van der Waals surface area contributed by atoms with Gasteiger partial charge in [0, 0.05) is 4.47 Å². The molecule has 0 radical (unpaired) electrons. The van der Waals surface area contributed by atoms with Crippen LogP contribution in [0, 0.1) is 11.6 Å². The number of halogens is 4. The summed E-state index contributed by atoms with van der Waals surface area (Å²) in [7, 11) is 0. The quantitative estimate of drug-likeness (QED) is 0.652. The topological polar surface area (TPSA) is 38.0 Å². The highest BCUT2D eigenvalue weighted by molar-refractivity contribution is 9.10. The molecule has 0 aliphatic carbocycles. The second-order valence-electron chi connectivity index (χ2n) is 3.95. The molecule has 2 aromatic rings. The fourth-order valence-corrected chi connectivity index (χ4v) is 2.20. The van der Waals surface area contributed by atoms with Gasteiger partial charge in [0.05, 0.1) is 11.1 Å². The van der Waals surface area contributed by atoms with Crippen LogP contribution in [-0.2, 0) is 0 Å². The molecule has 2 rings (SSSR count). The summed E-state index contributed by atoms with van der Waals surface area (Å²) in [6.07, 6.45) is 0. The van der Waals surface area contributed by atoms with Gasteiger partial charge in [0.2, 0.25) is 0 Å². The smallest absolute Gasteiger partial charge is 0.159 e. The van der Waals surface area contributed by atoms with Crippen LogP contribution in [0.4, 0.5) is 8.78 Å². The standard InChI is InChI=1S/C13H10BrClF2N2/c14-9-3-1-7(5-10(9)15)13(19-18)8-2-4-11(16)12(17)6-8/h1-6,13,19H,18H2. The maximum absolute atomic E-state index is 13.3. The maximum Gasteiger partial charge on any atom is 0.159 e. The third kappa shape index (κ3) is 3.12. The van der Waals surface area contributed by atoms with Gasteiger partial charge < -0.3 is 0 Å². The Morgan fingerprint density at radius 2 is 1.68 bits per heavy atom. The van der Waals surface area contributed by atoms with Gasteiger partial charge in [-0.15, -0.1) is 0 Å². The van der Waals surface area contributed by atoms with Crippen LogP contribution in [0.5, 0.6) is 0 Å². The Hall–Kier alpha value is -1.01. The Bertz CT molecular complexity index is 556. The highest BCUT2D eigenvalue weighted by Crippen LogP contribution is 2.29. The van der Waals surface area contributed by atoms with Gasteiger partial charge in [-0.05, 0) is 51.3 Å². The van der Waals surface area contributed by atoms with E-state index in [1.807, 2.05) is 0 Å². The lowest BCUT2D eigenvalue weighted by molar-refractivity contribution is 0.504. The minimum absolute atomic E-state index is 0.472. The molecule has 100 valence electrons. The third-order valence-corrected chi connectivity index (χ3v) is 3.95. The van der Waals surface area contributed by atoms with E-state index < -0.39 is 17.7 Å².